The molecule has 108 valence electrons. The van der Waals surface area contributed by atoms with Crippen LogP contribution in [0.4, 0.5) is 0 Å². The molecule has 22 heavy (non-hydrogen) atoms. The van der Waals surface area contributed by atoms with Crippen molar-refractivity contribution in [3.05, 3.63) is 46.4 Å². The molecule has 0 atom stereocenters. The van der Waals surface area contributed by atoms with Gasteiger partial charge in [-0.15, -0.1) is 5.10 Å². The summed E-state index contributed by atoms with van der Waals surface area (Å²) in [5.74, 6) is -1.16. The van der Waals surface area contributed by atoms with Crippen molar-refractivity contribution in [3.63, 3.8) is 0 Å². The first kappa shape index (κ1) is 12.3. The van der Waals surface area contributed by atoms with Crippen LogP contribution in [0.25, 0.3) is 27.9 Å². The zero-order valence-corrected chi connectivity index (χ0v) is 10.9. The van der Waals surface area contributed by atoms with Gasteiger partial charge in [0.2, 0.25) is 0 Å². The molecule has 4 rings (SSSR count). The molecule has 3 N–H and O–H groups in total. The van der Waals surface area contributed by atoms with Crippen molar-refractivity contribution in [1.82, 2.24) is 30.0 Å². The highest BCUT2D eigenvalue weighted by molar-refractivity contribution is 5.94. The Hall–Kier alpha value is -3.49. The number of carboxylic acids is 1. The minimum absolute atomic E-state index is 0.0681. The highest BCUT2D eigenvalue weighted by Gasteiger charge is 2.15. The molecule has 0 fully saturated rings. The van der Waals surface area contributed by atoms with Crippen molar-refractivity contribution in [1.29, 1.82) is 0 Å². The van der Waals surface area contributed by atoms with Crippen molar-refractivity contribution in [3.8, 4) is 11.3 Å². The number of fused-ring (bicyclic) bond motifs is 2. The zero-order chi connectivity index (χ0) is 15.3. The van der Waals surface area contributed by atoms with E-state index in [1.54, 1.807) is 18.2 Å². The second-order valence-electron chi connectivity index (χ2n) is 4.69. The molecule has 0 aliphatic heterocycles. The van der Waals surface area contributed by atoms with Crippen molar-refractivity contribution in [2.75, 3.05) is 0 Å². The number of hydrogen-bond acceptors (Lipinski definition) is 5. The molecule has 3 heterocycles. The van der Waals surface area contributed by atoms with Gasteiger partial charge < -0.3 is 10.1 Å². The van der Waals surface area contributed by atoms with Gasteiger partial charge in [0.1, 0.15) is 11.1 Å². The van der Waals surface area contributed by atoms with E-state index in [4.69, 9.17) is 5.11 Å². The molecular formula is C13H8N6O3. The Morgan fingerprint density at radius 3 is 2.95 bits per heavy atom. The van der Waals surface area contributed by atoms with Crippen LogP contribution in [0.2, 0.25) is 0 Å². The average Bonchev–Trinajstić information content (AvgIpc) is 3.12. The van der Waals surface area contributed by atoms with Crippen LogP contribution in [0.1, 0.15) is 10.4 Å². The third kappa shape index (κ3) is 1.69. The maximum absolute atomic E-state index is 12.1. The first-order valence-electron chi connectivity index (χ1n) is 6.29. The van der Waals surface area contributed by atoms with Crippen LogP contribution in [-0.4, -0.2) is 41.1 Å². The SMILES string of the molecule is O=C(O)c1cnn2c(=O)cc(-c3ccc4[nH]nnc4c3)[nH]c12. The molecule has 3 aromatic heterocycles. The molecule has 0 radical (unpaired) electrons. The van der Waals surface area contributed by atoms with Gasteiger partial charge in [0.25, 0.3) is 5.56 Å². The van der Waals surface area contributed by atoms with Crippen molar-refractivity contribution < 1.29 is 9.90 Å². The summed E-state index contributed by atoms with van der Waals surface area (Å²) in [5, 5.41) is 23.3. The summed E-state index contributed by atoms with van der Waals surface area (Å²) in [6, 6.07) is 6.66. The van der Waals surface area contributed by atoms with Crippen LogP contribution in [0.3, 0.4) is 0 Å². The second kappa shape index (κ2) is 4.25. The predicted octanol–water partition coefficient (Wildman–Crippen LogP) is 0.659. The summed E-state index contributed by atoms with van der Waals surface area (Å²) in [6.07, 6.45) is 1.14. The minimum Gasteiger partial charge on any atom is -0.477 e. The van der Waals surface area contributed by atoms with E-state index in [9.17, 15) is 9.59 Å². The van der Waals surface area contributed by atoms with E-state index in [-0.39, 0.29) is 11.2 Å². The van der Waals surface area contributed by atoms with Crippen molar-refractivity contribution in [2.24, 2.45) is 0 Å². The van der Waals surface area contributed by atoms with E-state index < -0.39 is 11.5 Å². The fourth-order valence-corrected chi connectivity index (χ4v) is 2.31. The zero-order valence-electron chi connectivity index (χ0n) is 10.9. The van der Waals surface area contributed by atoms with E-state index in [1.807, 2.05) is 0 Å². The number of nitrogens with zero attached hydrogens (tertiary/aromatic N) is 4. The maximum atomic E-state index is 12.1. The average molecular weight is 296 g/mol. The number of rotatable bonds is 2. The highest BCUT2D eigenvalue weighted by Crippen LogP contribution is 2.20. The molecule has 1 aromatic carbocycles. The second-order valence-corrected chi connectivity index (χ2v) is 4.69. The Balaban J connectivity index is 1.99. The number of carbonyl (C=O) groups is 1. The Morgan fingerprint density at radius 2 is 2.14 bits per heavy atom. The first-order chi connectivity index (χ1) is 10.6. The Bertz CT molecular complexity index is 1090. The molecule has 9 nitrogen and oxygen atoms in total. The number of aromatic nitrogens is 6. The monoisotopic (exact) mass is 296 g/mol. The van der Waals surface area contributed by atoms with E-state index in [2.05, 4.69) is 25.5 Å². The molecule has 0 saturated heterocycles. The lowest BCUT2D eigenvalue weighted by Gasteiger charge is -2.03. The molecule has 0 saturated carbocycles. The highest BCUT2D eigenvalue weighted by atomic mass is 16.4. The Morgan fingerprint density at radius 1 is 1.27 bits per heavy atom. The van der Waals surface area contributed by atoms with Crippen LogP contribution in [0, 0.1) is 0 Å². The number of nitrogens with one attached hydrogen (secondary N) is 2. The van der Waals surface area contributed by atoms with Gasteiger partial charge in [-0.05, 0) is 12.1 Å². The van der Waals surface area contributed by atoms with Gasteiger partial charge in [0.05, 0.1) is 17.4 Å². The Kier molecular flexibility index (Phi) is 2.37. The Labute approximate surface area is 121 Å². The topological polar surface area (TPSA) is 129 Å². The van der Waals surface area contributed by atoms with Crippen molar-refractivity contribution in [2.45, 2.75) is 0 Å². The molecule has 0 bridgehead atoms. The third-order valence-corrected chi connectivity index (χ3v) is 3.37. The lowest BCUT2D eigenvalue weighted by molar-refractivity contribution is 0.0699. The van der Waals surface area contributed by atoms with Crippen molar-refractivity contribution >= 4 is 22.6 Å². The third-order valence-electron chi connectivity index (χ3n) is 3.37. The van der Waals surface area contributed by atoms with Gasteiger partial charge in [0.15, 0.2) is 5.65 Å². The number of H-pyrrole nitrogens is 2. The smallest absolute Gasteiger partial charge is 0.341 e. The van der Waals surface area contributed by atoms with Gasteiger partial charge in [0, 0.05) is 11.6 Å². The number of carboxylic acid groups (broad SMARTS) is 1. The van der Waals surface area contributed by atoms with E-state index in [1.165, 1.54) is 6.07 Å². The molecule has 0 aliphatic rings. The fraction of sp³-hybridized carbons (Fsp3) is 0. The summed E-state index contributed by atoms with van der Waals surface area (Å²) in [4.78, 5) is 26.2. The summed E-state index contributed by atoms with van der Waals surface area (Å²) >= 11 is 0. The van der Waals surface area contributed by atoms with Crippen LogP contribution in [-0.2, 0) is 0 Å². The van der Waals surface area contributed by atoms with Crippen LogP contribution >= 0.6 is 0 Å². The minimum atomic E-state index is -1.16. The van der Waals surface area contributed by atoms with E-state index in [0.717, 1.165) is 16.2 Å². The maximum Gasteiger partial charge on any atom is 0.341 e. The van der Waals surface area contributed by atoms with E-state index in [0.29, 0.717) is 16.8 Å². The van der Waals surface area contributed by atoms with Gasteiger partial charge in [-0.3, -0.25) is 9.89 Å². The summed E-state index contributed by atoms with van der Waals surface area (Å²) < 4.78 is 1.02. The van der Waals surface area contributed by atoms with Gasteiger partial charge in [-0.1, -0.05) is 11.3 Å². The molecule has 9 heteroatoms. The van der Waals surface area contributed by atoms with Gasteiger partial charge in [-0.2, -0.15) is 9.61 Å². The molecule has 0 aliphatic carbocycles. The molecule has 0 spiro atoms. The van der Waals surface area contributed by atoms with Crippen LogP contribution in [0.15, 0.2) is 35.3 Å². The largest absolute Gasteiger partial charge is 0.477 e. The van der Waals surface area contributed by atoms with Gasteiger partial charge >= 0.3 is 5.97 Å². The number of hydrogen-bond donors (Lipinski definition) is 3. The molecule has 4 aromatic rings. The summed E-state index contributed by atoms with van der Waals surface area (Å²) in [5.41, 5.74) is 2.23. The molecule has 0 unspecified atom stereocenters. The quantitative estimate of drug-likeness (QED) is 0.498. The van der Waals surface area contributed by atoms with Gasteiger partial charge in [-0.25, -0.2) is 4.79 Å². The molecule has 0 amide bonds. The fourth-order valence-electron chi connectivity index (χ4n) is 2.31. The van der Waals surface area contributed by atoms with Crippen LogP contribution in [0.5, 0.6) is 0 Å². The number of aromatic amines is 2. The predicted molar refractivity (Wildman–Crippen MR) is 75.7 cm³/mol. The first-order valence-corrected chi connectivity index (χ1v) is 6.29. The normalized spacial score (nSPS) is 11.3. The van der Waals surface area contributed by atoms with E-state index >= 15 is 0 Å². The molecular weight excluding hydrogens is 288 g/mol. The lowest BCUT2D eigenvalue weighted by Crippen LogP contribution is -2.15. The van der Waals surface area contributed by atoms with Crippen LogP contribution < -0.4 is 5.56 Å². The lowest BCUT2D eigenvalue weighted by atomic mass is 10.1. The number of benzene rings is 1. The summed E-state index contributed by atoms with van der Waals surface area (Å²) in [7, 11) is 0. The number of aromatic carboxylic acids is 1. The summed E-state index contributed by atoms with van der Waals surface area (Å²) in [6.45, 7) is 0. The standard InChI is InChI=1S/C13H8N6O3/c20-11-4-9(6-1-2-8-10(3-6)17-18-16-8)15-12-7(13(21)22)5-14-19(11)12/h1-5,15H,(H,21,22)(H,16,17,18).